The molecule has 1 amide bonds. The first-order valence-corrected chi connectivity index (χ1v) is 7.02. The minimum atomic E-state index is -0.171. The maximum atomic E-state index is 12.0. The third-order valence-electron chi connectivity index (χ3n) is 4.05. The van der Waals surface area contributed by atoms with Gasteiger partial charge >= 0.3 is 6.09 Å². The first kappa shape index (κ1) is 12.5. The summed E-state index contributed by atoms with van der Waals surface area (Å²) in [6.45, 7) is 4.17. The van der Waals surface area contributed by atoms with E-state index in [0.29, 0.717) is 12.6 Å². The minimum absolute atomic E-state index is 0.171. The van der Waals surface area contributed by atoms with E-state index in [2.05, 4.69) is 4.90 Å². The molecule has 0 radical (unpaired) electrons. The van der Waals surface area contributed by atoms with Gasteiger partial charge in [-0.3, -0.25) is 4.90 Å². The fourth-order valence-electron chi connectivity index (χ4n) is 2.97. The molecule has 19 heavy (non-hydrogen) atoms. The second-order valence-electron chi connectivity index (χ2n) is 5.32. The van der Waals surface area contributed by atoms with Gasteiger partial charge in [0.1, 0.15) is 6.61 Å². The van der Waals surface area contributed by atoms with Gasteiger partial charge in [0, 0.05) is 25.7 Å². The largest absolute Gasteiger partial charge is 0.445 e. The van der Waals surface area contributed by atoms with Gasteiger partial charge in [0.25, 0.3) is 0 Å². The van der Waals surface area contributed by atoms with Crippen LogP contribution in [-0.2, 0) is 11.3 Å². The fourth-order valence-corrected chi connectivity index (χ4v) is 2.97. The number of hydrogen-bond donors (Lipinski definition) is 0. The number of rotatable bonds is 2. The quantitative estimate of drug-likeness (QED) is 0.816. The SMILES string of the molecule is O=C(OCc1ccccc1)N1CCN2CCC[C@H]2C1. The number of piperazine rings is 1. The van der Waals surface area contributed by atoms with Gasteiger partial charge in [-0.15, -0.1) is 0 Å². The average Bonchev–Trinajstić information content (AvgIpc) is 2.93. The van der Waals surface area contributed by atoms with Crippen molar-refractivity contribution in [2.75, 3.05) is 26.2 Å². The van der Waals surface area contributed by atoms with Gasteiger partial charge in [0.15, 0.2) is 0 Å². The molecule has 2 heterocycles. The molecular weight excluding hydrogens is 240 g/mol. The lowest BCUT2D eigenvalue weighted by Gasteiger charge is -2.36. The van der Waals surface area contributed by atoms with Crippen LogP contribution >= 0.6 is 0 Å². The van der Waals surface area contributed by atoms with Crippen LogP contribution in [0, 0.1) is 0 Å². The van der Waals surface area contributed by atoms with Gasteiger partial charge in [-0.1, -0.05) is 30.3 Å². The molecule has 1 aromatic rings. The highest BCUT2D eigenvalue weighted by atomic mass is 16.6. The molecule has 0 bridgehead atoms. The lowest BCUT2D eigenvalue weighted by atomic mass is 10.2. The Bertz CT molecular complexity index is 435. The van der Waals surface area contributed by atoms with E-state index in [0.717, 1.165) is 25.2 Å². The van der Waals surface area contributed by atoms with Crippen molar-refractivity contribution in [1.29, 1.82) is 0 Å². The van der Waals surface area contributed by atoms with Crippen molar-refractivity contribution in [2.45, 2.75) is 25.5 Å². The number of carbonyl (C=O) groups is 1. The van der Waals surface area contributed by atoms with E-state index in [4.69, 9.17) is 4.74 Å². The first-order chi connectivity index (χ1) is 9.33. The van der Waals surface area contributed by atoms with Crippen molar-refractivity contribution in [2.24, 2.45) is 0 Å². The molecule has 1 aromatic carbocycles. The summed E-state index contributed by atoms with van der Waals surface area (Å²) in [6, 6.07) is 10.4. The van der Waals surface area contributed by atoms with Crippen LogP contribution in [0.2, 0.25) is 0 Å². The van der Waals surface area contributed by atoms with Gasteiger partial charge in [-0.25, -0.2) is 4.79 Å². The number of hydrogen-bond acceptors (Lipinski definition) is 3. The lowest BCUT2D eigenvalue weighted by Crippen LogP contribution is -2.52. The Morgan fingerprint density at radius 3 is 2.89 bits per heavy atom. The zero-order valence-corrected chi connectivity index (χ0v) is 11.1. The maximum absolute atomic E-state index is 12.0. The molecule has 3 rings (SSSR count). The third kappa shape index (κ3) is 2.89. The van der Waals surface area contributed by atoms with Crippen LogP contribution in [0.15, 0.2) is 30.3 Å². The second kappa shape index (κ2) is 5.61. The number of benzene rings is 1. The molecule has 4 nitrogen and oxygen atoms in total. The second-order valence-corrected chi connectivity index (χ2v) is 5.32. The Hall–Kier alpha value is -1.55. The van der Waals surface area contributed by atoms with Crippen LogP contribution in [-0.4, -0.2) is 48.1 Å². The minimum Gasteiger partial charge on any atom is -0.445 e. The summed E-state index contributed by atoms with van der Waals surface area (Å²) in [5.74, 6) is 0. The summed E-state index contributed by atoms with van der Waals surface area (Å²) in [5, 5.41) is 0. The van der Waals surface area contributed by atoms with E-state index in [1.165, 1.54) is 19.4 Å². The number of amides is 1. The summed E-state index contributed by atoms with van der Waals surface area (Å²) >= 11 is 0. The molecule has 0 unspecified atom stereocenters. The maximum Gasteiger partial charge on any atom is 0.410 e. The number of carbonyl (C=O) groups excluding carboxylic acids is 1. The van der Waals surface area contributed by atoms with Gasteiger partial charge in [-0.05, 0) is 24.9 Å². The first-order valence-electron chi connectivity index (χ1n) is 7.02. The predicted molar refractivity (Wildman–Crippen MR) is 72.8 cm³/mol. The van der Waals surface area contributed by atoms with Gasteiger partial charge in [0.05, 0.1) is 0 Å². The Kier molecular flexibility index (Phi) is 3.69. The topological polar surface area (TPSA) is 32.8 Å². The molecule has 0 aromatic heterocycles. The molecule has 1 atom stereocenters. The fraction of sp³-hybridized carbons (Fsp3) is 0.533. The van der Waals surface area contributed by atoms with Crippen molar-refractivity contribution < 1.29 is 9.53 Å². The molecule has 0 N–H and O–H groups in total. The monoisotopic (exact) mass is 260 g/mol. The molecule has 2 aliphatic heterocycles. The molecule has 0 aliphatic carbocycles. The Labute approximate surface area is 113 Å². The van der Waals surface area contributed by atoms with E-state index >= 15 is 0 Å². The zero-order chi connectivity index (χ0) is 13.1. The summed E-state index contributed by atoms with van der Waals surface area (Å²) < 4.78 is 5.38. The Balaban J connectivity index is 1.50. The molecule has 102 valence electrons. The molecule has 2 fully saturated rings. The van der Waals surface area contributed by atoms with Gasteiger partial charge in [-0.2, -0.15) is 0 Å². The van der Waals surface area contributed by atoms with E-state index < -0.39 is 0 Å². The molecule has 2 saturated heterocycles. The van der Waals surface area contributed by atoms with E-state index in [1.807, 2.05) is 35.2 Å². The van der Waals surface area contributed by atoms with Gasteiger partial charge in [0.2, 0.25) is 0 Å². The summed E-state index contributed by atoms with van der Waals surface area (Å²) in [6.07, 6.45) is 2.30. The highest BCUT2D eigenvalue weighted by Gasteiger charge is 2.32. The average molecular weight is 260 g/mol. The summed E-state index contributed by atoms with van der Waals surface area (Å²) in [7, 11) is 0. The van der Waals surface area contributed by atoms with E-state index in [9.17, 15) is 4.79 Å². The summed E-state index contributed by atoms with van der Waals surface area (Å²) in [4.78, 5) is 16.4. The van der Waals surface area contributed by atoms with E-state index in [-0.39, 0.29) is 6.09 Å². The van der Waals surface area contributed by atoms with Crippen molar-refractivity contribution in [1.82, 2.24) is 9.80 Å². The standard InChI is InChI=1S/C15H20N2O2/c18-15(19-12-13-5-2-1-3-6-13)17-10-9-16-8-4-7-14(16)11-17/h1-3,5-6,14H,4,7-12H2/t14-/m0/s1. The van der Waals surface area contributed by atoms with Crippen molar-refractivity contribution in [3.63, 3.8) is 0 Å². The van der Waals surface area contributed by atoms with Crippen molar-refractivity contribution >= 4 is 6.09 Å². The normalized spacial score (nSPS) is 23.2. The zero-order valence-electron chi connectivity index (χ0n) is 11.1. The third-order valence-corrected chi connectivity index (χ3v) is 4.05. The smallest absolute Gasteiger partial charge is 0.410 e. The number of nitrogens with zero attached hydrogens (tertiary/aromatic N) is 2. The van der Waals surface area contributed by atoms with Crippen LogP contribution in [0.3, 0.4) is 0 Å². The lowest BCUT2D eigenvalue weighted by molar-refractivity contribution is 0.0604. The number of ether oxygens (including phenoxy) is 1. The van der Waals surface area contributed by atoms with E-state index in [1.54, 1.807) is 0 Å². The molecule has 0 saturated carbocycles. The van der Waals surface area contributed by atoms with Crippen molar-refractivity contribution in [3.8, 4) is 0 Å². The van der Waals surface area contributed by atoms with Crippen molar-refractivity contribution in [3.05, 3.63) is 35.9 Å². The number of fused-ring (bicyclic) bond motifs is 1. The summed E-state index contributed by atoms with van der Waals surface area (Å²) in [5.41, 5.74) is 1.04. The van der Waals surface area contributed by atoms with Crippen LogP contribution in [0.4, 0.5) is 4.79 Å². The van der Waals surface area contributed by atoms with Crippen LogP contribution in [0.25, 0.3) is 0 Å². The van der Waals surface area contributed by atoms with Crippen LogP contribution in [0.5, 0.6) is 0 Å². The van der Waals surface area contributed by atoms with Crippen LogP contribution < -0.4 is 0 Å². The van der Waals surface area contributed by atoms with Gasteiger partial charge < -0.3 is 9.64 Å². The Morgan fingerprint density at radius 2 is 2.05 bits per heavy atom. The van der Waals surface area contributed by atoms with Crippen LogP contribution in [0.1, 0.15) is 18.4 Å². The molecule has 2 aliphatic rings. The molecule has 0 spiro atoms. The predicted octanol–water partition coefficient (Wildman–Crippen LogP) is 2.10. The Morgan fingerprint density at radius 1 is 1.21 bits per heavy atom. The molecular formula is C15H20N2O2. The highest BCUT2D eigenvalue weighted by molar-refractivity contribution is 5.67. The molecule has 4 heteroatoms. The highest BCUT2D eigenvalue weighted by Crippen LogP contribution is 2.21.